The number of aliphatic hydroxyl groups is 1. The van der Waals surface area contributed by atoms with Gasteiger partial charge < -0.3 is 10.1 Å². The molecule has 0 bridgehead atoms. The van der Waals surface area contributed by atoms with Gasteiger partial charge in [0, 0.05) is 28.9 Å². The fourth-order valence-corrected chi connectivity index (χ4v) is 2.43. The van der Waals surface area contributed by atoms with Crippen LogP contribution in [0.4, 0.5) is 5.69 Å². The second-order valence-corrected chi connectivity index (χ2v) is 8.25. The van der Waals surface area contributed by atoms with Gasteiger partial charge in [0.15, 0.2) is 0 Å². The van der Waals surface area contributed by atoms with Crippen molar-refractivity contribution in [3.63, 3.8) is 0 Å². The number of benzene rings is 1. The van der Waals surface area contributed by atoms with Gasteiger partial charge in [0.05, 0.1) is 12.5 Å². The molecule has 0 unspecified atom stereocenters. The summed E-state index contributed by atoms with van der Waals surface area (Å²) in [5.74, 6) is 0. The van der Waals surface area contributed by atoms with Gasteiger partial charge in [-0.05, 0) is 37.1 Å². The Morgan fingerprint density at radius 3 is 2.26 bits per heavy atom. The molecule has 0 aliphatic heterocycles. The van der Waals surface area contributed by atoms with Crippen LogP contribution < -0.4 is 4.72 Å². The summed E-state index contributed by atoms with van der Waals surface area (Å²) in [6, 6.07) is 7.31. The topological polar surface area (TPSA) is 137 Å². The smallest absolute Gasteiger partial charge is 0.261 e. The molecular weight excluding hydrogens is 344 g/mol. The third-order valence-electron chi connectivity index (χ3n) is 2.58. The van der Waals surface area contributed by atoms with Crippen LogP contribution in [0.15, 0.2) is 24.3 Å². The summed E-state index contributed by atoms with van der Waals surface area (Å²) in [6.07, 6.45) is 3.33. The maximum atomic E-state index is 11.1. The molecule has 2 rings (SSSR count). The van der Waals surface area contributed by atoms with Crippen LogP contribution in [0, 0.1) is 0 Å². The minimum Gasteiger partial charge on any atom is -0.396 e. The number of aromatic amines is 1. The van der Waals surface area contributed by atoms with Crippen molar-refractivity contribution < 1.29 is 26.5 Å². The molecule has 0 spiro atoms. The molecule has 0 saturated carbocycles. The molecule has 23 heavy (non-hydrogen) atoms. The lowest BCUT2D eigenvalue weighted by atomic mass is 10.2. The van der Waals surface area contributed by atoms with Crippen LogP contribution in [0.25, 0.3) is 10.9 Å². The van der Waals surface area contributed by atoms with Crippen LogP contribution in [-0.2, 0) is 26.6 Å². The van der Waals surface area contributed by atoms with Crippen molar-refractivity contribution in [1.29, 1.82) is 0 Å². The van der Waals surface area contributed by atoms with Gasteiger partial charge in [-0.2, -0.15) is 8.42 Å². The predicted molar refractivity (Wildman–Crippen MR) is 89.6 cm³/mol. The van der Waals surface area contributed by atoms with E-state index in [4.69, 9.17) is 9.66 Å². The largest absolute Gasteiger partial charge is 0.396 e. The number of hydrogen-bond donors (Lipinski definition) is 4. The number of nitrogens with one attached hydrogen (secondary N) is 2. The van der Waals surface area contributed by atoms with Crippen LogP contribution in [0.1, 0.15) is 12.1 Å². The highest BCUT2D eigenvalue weighted by Crippen LogP contribution is 2.21. The maximum Gasteiger partial charge on any atom is 0.261 e. The van der Waals surface area contributed by atoms with E-state index in [1.54, 1.807) is 12.1 Å². The van der Waals surface area contributed by atoms with Crippen molar-refractivity contribution in [3.8, 4) is 0 Å². The standard InChI is InChI=1S/C12H16N2O3S.CH4O3S/c1-18(16,17)14-11-4-5-12-9(8-11)7-10(13-12)3-2-6-15;1-5(2,3)4/h4-5,7-8,13-15H,2-3,6H2,1H3;1H3,(H,2,3,4). The van der Waals surface area contributed by atoms with Crippen LogP contribution >= 0.6 is 0 Å². The Morgan fingerprint density at radius 2 is 1.74 bits per heavy atom. The number of hydrogen-bond acceptors (Lipinski definition) is 5. The molecule has 0 radical (unpaired) electrons. The van der Waals surface area contributed by atoms with Gasteiger partial charge in [0.25, 0.3) is 10.1 Å². The van der Waals surface area contributed by atoms with Gasteiger partial charge in [0.1, 0.15) is 0 Å². The molecule has 0 atom stereocenters. The highest BCUT2D eigenvalue weighted by molar-refractivity contribution is 7.92. The molecule has 1 heterocycles. The highest BCUT2D eigenvalue weighted by Gasteiger charge is 2.05. The number of aliphatic hydroxyl groups excluding tert-OH is 1. The van der Waals surface area contributed by atoms with Crippen molar-refractivity contribution in [3.05, 3.63) is 30.0 Å². The number of anilines is 1. The third-order valence-corrected chi connectivity index (χ3v) is 3.19. The lowest BCUT2D eigenvalue weighted by Gasteiger charge is -2.02. The van der Waals surface area contributed by atoms with E-state index in [1.807, 2.05) is 12.1 Å². The van der Waals surface area contributed by atoms with Gasteiger partial charge in [-0.15, -0.1) is 0 Å². The molecule has 0 amide bonds. The molecule has 10 heteroatoms. The van der Waals surface area contributed by atoms with E-state index in [2.05, 4.69) is 9.71 Å². The Balaban J connectivity index is 0.000000463. The summed E-state index contributed by atoms with van der Waals surface area (Å²) in [5.41, 5.74) is 2.55. The average Bonchev–Trinajstić information content (AvgIpc) is 2.74. The summed E-state index contributed by atoms with van der Waals surface area (Å²) >= 11 is 0. The fraction of sp³-hybridized carbons (Fsp3) is 0.385. The molecule has 1 aromatic heterocycles. The van der Waals surface area contributed by atoms with E-state index in [0.717, 1.165) is 29.3 Å². The fourth-order valence-electron chi connectivity index (χ4n) is 1.87. The molecule has 0 saturated heterocycles. The van der Waals surface area contributed by atoms with Crippen molar-refractivity contribution in [2.45, 2.75) is 12.8 Å². The Labute approximate surface area is 135 Å². The van der Waals surface area contributed by atoms with E-state index in [1.165, 1.54) is 0 Å². The molecule has 130 valence electrons. The van der Waals surface area contributed by atoms with Gasteiger partial charge >= 0.3 is 0 Å². The average molecular weight is 364 g/mol. The first kappa shape index (κ1) is 19.4. The third kappa shape index (κ3) is 8.55. The Kier molecular flexibility index (Phi) is 6.57. The van der Waals surface area contributed by atoms with Gasteiger partial charge in [0.2, 0.25) is 10.0 Å². The Hall–Kier alpha value is -1.62. The van der Waals surface area contributed by atoms with Crippen molar-refractivity contribution in [2.24, 2.45) is 0 Å². The van der Waals surface area contributed by atoms with Gasteiger partial charge in [-0.1, -0.05) is 0 Å². The minimum absolute atomic E-state index is 0.163. The predicted octanol–water partition coefficient (Wildman–Crippen LogP) is 0.968. The first-order valence-corrected chi connectivity index (χ1v) is 10.3. The second-order valence-electron chi connectivity index (χ2n) is 5.03. The zero-order valence-electron chi connectivity index (χ0n) is 12.8. The zero-order chi connectivity index (χ0) is 17.7. The number of H-pyrrole nitrogens is 1. The summed E-state index contributed by atoms with van der Waals surface area (Å²) in [5, 5.41) is 9.74. The SMILES string of the molecule is CS(=O)(=O)Nc1ccc2[nH]c(CCCO)cc2c1.CS(=O)(=O)O. The first-order chi connectivity index (χ1) is 10.5. The molecule has 1 aromatic carbocycles. The molecule has 0 aliphatic rings. The quantitative estimate of drug-likeness (QED) is 0.584. The van der Waals surface area contributed by atoms with E-state index in [9.17, 15) is 16.8 Å². The number of aromatic nitrogens is 1. The normalized spacial score (nSPS) is 11.8. The molecule has 0 aliphatic carbocycles. The van der Waals surface area contributed by atoms with Gasteiger partial charge in [-0.3, -0.25) is 9.27 Å². The number of rotatable bonds is 5. The van der Waals surface area contributed by atoms with Crippen molar-refractivity contribution in [2.75, 3.05) is 23.8 Å². The molecule has 8 nitrogen and oxygen atoms in total. The summed E-state index contributed by atoms with van der Waals surface area (Å²) < 4.78 is 50.6. The second kappa shape index (κ2) is 7.77. The Bertz CT molecular complexity index is 848. The summed E-state index contributed by atoms with van der Waals surface area (Å²) in [6.45, 7) is 0.163. The van der Waals surface area contributed by atoms with E-state index in [0.29, 0.717) is 18.4 Å². The zero-order valence-corrected chi connectivity index (χ0v) is 14.4. The van der Waals surface area contributed by atoms with E-state index in [-0.39, 0.29) is 6.61 Å². The van der Waals surface area contributed by atoms with Crippen LogP contribution in [0.3, 0.4) is 0 Å². The number of fused-ring (bicyclic) bond motifs is 1. The van der Waals surface area contributed by atoms with Crippen molar-refractivity contribution >= 4 is 36.7 Å². The molecular formula is C13H20N2O6S2. The monoisotopic (exact) mass is 364 g/mol. The summed E-state index contributed by atoms with van der Waals surface area (Å²) in [7, 11) is -6.91. The first-order valence-electron chi connectivity index (χ1n) is 6.61. The number of sulfonamides is 1. The Morgan fingerprint density at radius 1 is 1.13 bits per heavy atom. The van der Waals surface area contributed by atoms with Crippen LogP contribution in [0.2, 0.25) is 0 Å². The van der Waals surface area contributed by atoms with Gasteiger partial charge in [-0.25, -0.2) is 8.42 Å². The number of aryl methyl sites for hydroxylation is 1. The molecule has 2 aromatic rings. The lowest BCUT2D eigenvalue weighted by Crippen LogP contribution is -2.09. The summed E-state index contributed by atoms with van der Waals surface area (Å²) in [4.78, 5) is 3.23. The maximum absolute atomic E-state index is 11.1. The van der Waals surface area contributed by atoms with Crippen LogP contribution in [0.5, 0.6) is 0 Å². The highest BCUT2D eigenvalue weighted by atomic mass is 32.2. The molecule has 0 fully saturated rings. The van der Waals surface area contributed by atoms with Crippen LogP contribution in [-0.4, -0.2) is 50.6 Å². The minimum atomic E-state index is -3.67. The van der Waals surface area contributed by atoms with E-state index < -0.39 is 20.1 Å². The van der Waals surface area contributed by atoms with Crippen molar-refractivity contribution in [1.82, 2.24) is 4.98 Å². The molecule has 4 N–H and O–H groups in total. The lowest BCUT2D eigenvalue weighted by molar-refractivity contribution is 0.288. The van der Waals surface area contributed by atoms with E-state index >= 15 is 0 Å².